The SMILES string of the molecule is Cc1cccc(-c2nc(CC(=O)Nc3ccc(I)cc3C)cs2)c1. The molecule has 2 aromatic carbocycles. The summed E-state index contributed by atoms with van der Waals surface area (Å²) in [6.45, 7) is 4.06. The molecule has 1 N–H and O–H groups in total. The first-order chi connectivity index (χ1) is 11.5. The van der Waals surface area contributed by atoms with Crippen LogP contribution in [-0.2, 0) is 11.2 Å². The van der Waals surface area contributed by atoms with Crippen molar-refractivity contribution in [1.29, 1.82) is 0 Å². The predicted octanol–water partition coefficient (Wildman–Crippen LogP) is 5.21. The van der Waals surface area contributed by atoms with Gasteiger partial charge in [-0.1, -0.05) is 23.8 Å². The summed E-state index contributed by atoms with van der Waals surface area (Å²) < 4.78 is 1.16. The monoisotopic (exact) mass is 448 g/mol. The third-order valence-electron chi connectivity index (χ3n) is 3.62. The van der Waals surface area contributed by atoms with Crippen LogP contribution in [0.4, 0.5) is 5.69 Å². The Morgan fingerprint density at radius 3 is 2.79 bits per heavy atom. The zero-order valence-corrected chi connectivity index (χ0v) is 16.4. The summed E-state index contributed by atoms with van der Waals surface area (Å²) in [5, 5.41) is 5.87. The van der Waals surface area contributed by atoms with Crippen molar-refractivity contribution in [3.05, 3.63) is 68.2 Å². The van der Waals surface area contributed by atoms with Gasteiger partial charge in [0, 0.05) is 20.2 Å². The maximum Gasteiger partial charge on any atom is 0.230 e. The maximum atomic E-state index is 12.3. The molecule has 0 fully saturated rings. The first-order valence-corrected chi connectivity index (χ1v) is 9.54. The molecule has 1 amide bonds. The molecule has 0 aliphatic heterocycles. The molecule has 0 aliphatic carbocycles. The van der Waals surface area contributed by atoms with Crippen molar-refractivity contribution in [1.82, 2.24) is 4.98 Å². The first kappa shape index (κ1) is 17.1. The minimum Gasteiger partial charge on any atom is -0.326 e. The Kier molecular flexibility index (Phi) is 5.30. The van der Waals surface area contributed by atoms with E-state index in [4.69, 9.17) is 0 Å². The quantitative estimate of drug-likeness (QED) is 0.557. The van der Waals surface area contributed by atoms with Crippen LogP contribution in [0, 0.1) is 17.4 Å². The molecule has 0 spiro atoms. The van der Waals surface area contributed by atoms with E-state index in [2.05, 4.69) is 58.0 Å². The molecular formula is C19H17IN2OS. The molecule has 24 heavy (non-hydrogen) atoms. The molecule has 0 unspecified atom stereocenters. The van der Waals surface area contributed by atoms with Gasteiger partial charge in [-0.05, 0) is 66.3 Å². The van der Waals surface area contributed by atoms with Crippen LogP contribution < -0.4 is 5.32 Å². The number of benzene rings is 2. The Morgan fingerprint density at radius 1 is 1.21 bits per heavy atom. The number of carbonyl (C=O) groups is 1. The van der Waals surface area contributed by atoms with Crippen LogP contribution in [0.5, 0.6) is 0 Å². The lowest BCUT2D eigenvalue weighted by atomic mass is 10.1. The summed E-state index contributed by atoms with van der Waals surface area (Å²) in [6, 6.07) is 14.2. The van der Waals surface area contributed by atoms with E-state index in [1.165, 1.54) is 5.56 Å². The van der Waals surface area contributed by atoms with Gasteiger partial charge in [-0.3, -0.25) is 4.79 Å². The number of halogens is 1. The number of anilines is 1. The normalized spacial score (nSPS) is 10.6. The van der Waals surface area contributed by atoms with E-state index in [1.807, 2.05) is 36.6 Å². The van der Waals surface area contributed by atoms with Crippen LogP contribution in [0.2, 0.25) is 0 Å². The van der Waals surface area contributed by atoms with Crippen molar-refractivity contribution in [2.75, 3.05) is 5.32 Å². The van der Waals surface area contributed by atoms with E-state index in [1.54, 1.807) is 11.3 Å². The van der Waals surface area contributed by atoms with Crippen LogP contribution in [0.1, 0.15) is 16.8 Å². The van der Waals surface area contributed by atoms with Crippen molar-refractivity contribution in [2.24, 2.45) is 0 Å². The molecule has 0 saturated heterocycles. The van der Waals surface area contributed by atoms with Gasteiger partial charge in [0.05, 0.1) is 12.1 Å². The lowest BCUT2D eigenvalue weighted by Crippen LogP contribution is -2.15. The molecule has 0 radical (unpaired) electrons. The third-order valence-corrected chi connectivity index (χ3v) is 5.23. The van der Waals surface area contributed by atoms with Crippen LogP contribution in [-0.4, -0.2) is 10.9 Å². The van der Waals surface area contributed by atoms with Gasteiger partial charge in [0.25, 0.3) is 0 Å². The van der Waals surface area contributed by atoms with Crippen LogP contribution in [0.15, 0.2) is 47.8 Å². The minimum absolute atomic E-state index is 0.0413. The lowest BCUT2D eigenvalue weighted by molar-refractivity contribution is -0.115. The lowest BCUT2D eigenvalue weighted by Gasteiger charge is -2.08. The molecule has 1 aromatic heterocycles. The number of aryl methyl sites for hydroxylation is 2. The van der Waals surface area contributed by atoms with Crippen molar-refractivity contribution in [3.8, 4) is 10.6 Å². The van der Waals surface area contributed by atoms with Crippen LogP contribution in [0.3, 0.4) is 0 Å². The van der Waals surface area contributed by atoms with E-state index >= 15 is 0 Å². The number of nitrogens with zero attached hydrogens (tertiary/aromatic N) is 1. The third kappa shape index (κ3) is 4.21. The molecule has 0 aliphatic rings. The number of aromatic nitrogens is 1. The fourth-order valence-corrected chi connectivity index (χ4v) is 3.89. The van der Waals surface area contributed by atoms with Gasteiger partial charge in [-0.25, -0.2) is 4.98 Å². The Morgan fingerprint density at radius 2 is 2.04 bits per heavy atom. The van der Waals surface area contributed by atoms with E-state index in [0.717, 1.165) is 31.1 Å². The molecule has 122 valence electrons. The van der Waals surface area contributed by atoms with Crippen molar-refractivity contribution in [3.63, 3.8) is 0 Å². The zero-order valence-electron chi connectivity index (χ0n) is 13.5. The van der Waals surface area contributed by atoms with E-state index < -0.39 is 0 Å². The number of thiazole rings is 1. The molecule has 0 atom stereocenters. The summed E-state index contributed by atoms with van der Waals surface area (Å²) in [4.78, 5) is 16.9. The highest BCUT2D eigenvalue weighted by atomic mass is 127. The minimum atomic E-state index is -0.0413. The van der Waals surface area contributed by atoms with Crippen LogP contribution in [0.25, 0.3) is 10.6 Å². The average Bonchev–Trinajstić information content (AvgIpc) is 2.98. The number of rotatable bonds is 4. The zero-order chi connectivity index (χ0) is 17.1. The van der Waals surface area contributed by atoms with Crippen LogP contribution >= 0.6 is 33.9 Å². The predicted molar refractivity (Wildman–Crippen MR) is 109 cm³/mol. The summed E-state index contributed by atoms with van der Waals surface area (Å²) in [7, 11) is 0. The highest BCUT2D eigenvalue weighted by Gasteiger charge is 2.10. The molecule has 3 rings (SSSR count). The Hall–Kier alpha value is -1.73. The largest absolute Gasteiger partial charge is 0.326 e. The van der Waals surface area contributed by atoms with E-state index in [-0.39, 0.29) is 12.3 Å². The maximum absolute atomic E-state index is 12.3. The Balaban J connectivity index is 1.69. The topological polar surface area (TPSA) is 42.0 Å². The molecule has 5 heteroatoms. The average molecular weight is 448 g/mol. The fourth-order valence-electron chi connectivity index (χ4n) is 2.43. The number of carbonyl (C=O) groups excluding carboxylic acids is 1. The Labute approximate surface area is 159 Å². The molecular weight excluding hydrogens is 431 g/mol. The molecule has 0 bridgehead atoms. The second-order valence-corrected chi connectivity index (χ2v) is 7.80. The standard InChI is InChI=1S/C19H17IN2OS/c1-12-4-3-5-14(8-12)19-21-16(11-24-19)10-18(23)22-17-7-6-15(20)9-13(17)2/h3-9,11H,10H2,1-2H3,(H,22,23). The number of hydrogen-bond donors (Lipinski definition) is 1. The van der Waals surface area contributed by atoms with Crippen molar-refractivity contribution < 1.29 is 4.79 Å². The second-order valence-electron chi connectivity index (χ2n) is 5.70. The highest BCUT2D eigenvalue weighted by molar-refractivity contribution is 14.1. The van der Waals surface area contributed by atoms with Gasteiger partial charge in [0.15, 0.2) is 0 Å². The number of amides is 1. The van der Waals surface area contributed by atoms with Crippen molar-refractivity contribution in [2.45, 2.75) is 20.3 Å². The number of nitrogens with one attached hydrogen (secondary N) is 1. The van der Waals surface area contributed by atoms with E-state index in [0.29, 0.717) is 0 Å². The van der Waals surface area contributed by atoms with Gasteiger partial charge in [0.1, 0.15) is 5.01 Å². The van der Waals surface area contributed by atoms with Gasteiger partial charge in [-0.2, -0.15) is 0 Å². The van der Waals surface area contributed by atoms with Gasteiger partial charge in [-0.15, -0.1) is 11.3 Å². The van der Waals surface area contributed by atoms with Gasteiger partial charge >= 0.3 is 0 Å². The Bertz CT molecular complexity index is 889. The van der Waals surface area contributed by atoms with Gasteiger partial charge in [0.2, 0.25) is 5.91 Å². The van der Waals surface area contributed by atoms with E-state index in [9.17, 15) is 4.79 Å². The summed E-state index contributed by atoms with van der Waals surface area (Å²) >= 11 is 3.84. The molecule has 3 aromatic rings. The molecule has 3 nitrogen and oxygen atoms in total. The summed E-state index contributed by atoms with van der Waals surface area (Å²) in [5.41, 5.74) is 5.03. The van der Waals surface area contributed by atoms with Gasteiger partial charge < -0.3 is 5.32 Å². The number of hydrogen-bond acceptors (Lipinski definition) is 3. The molecule has 1 heterocycles. The first-order valence-electron chi connectivity index (χ1n) is 7.59. The summed E-state index contributed by atoms with van der Waals surface area (Å²) in [6.07, 6.45) is 0.285. The summed E-state index contributed by atoms with van der Waals surface area (Å²) in [5.74, 6) is -0.0413. The smallest absolute Gasteiger partial charge is 0.230 e. The second kappa shape index (κ2) is 7.44. The fraction of sp³-hybridized carbons (Fsp3) is 0.158. The highest BCUT2D eigenvalue weighted by Crippen LogP contribution is 2.25. The molecule has 0 saturated carbocycles. The van der Waals surface area contributed by atoms with Crippen molar-refractivity contribution >= 4 is 45.5 Å².